The Morgan fingerprint density at radius 3 is 2.74 bits per heavy atom. The number of nitrogens with one attached hydrogen (secondary N) is 2. The molecule has 2 heterocycles. The zero-order valence-corrected chi connectivity index (χ0v) is 19.3. The number of amides is 1. The summed E-state index contributed by atoms with van der Waals surface area (Å²) >= 11 is 12.9. The number of benzene rings is 1. The SMILES string of the molecule is Cc1ccc(NC(=O)Cn2ncc(Cl)c(Cl)c2=O)cc1S(=O)(=O)NCCc1cncs1. The van der Waals surface area contributed by atoms with E-state index < -0.39 is 28.0 Å². The minimum absolute atomic E-state index is 0.0143. The molecular weight excluding hydrogens is 485 g/mol. The highest BCUT2D eigenvalue weighted by atomic mass is 35.5. The van der Waals surface area contributed by atoms with Crippen LogP contribution in [0.1, 0.15) is 10.4 Å². The van der Waals surface area contributed by atoms with Crippen molar-refractivity contribution in [2.75, 3.05) is 11.9 Å². The van der Waals surface area contributed by atoms with Crippen molar-refractivity contribution < 1.29 is 13.2 Å². The van der Waals surface area contributed by atoms with Crippen LogP contribution in [0.5, 0.6) is 0 Å². The summed E-state index contributed by atoms with van der Waals surface area (Å²) in [5.41, 5.74) is 1.75. The molecule has 0 fully saturated rings. The first-order valence-corrected chi connectivity index (χ1v) is 12.0. The minimum Gasteiger partial charge on any atom is -0.324 e. The molecule has 31 heavy (non-hydrogen) atoms. The second-order valence-electron chi connectivity index (χ2n) is 6.41. The molecule has 0 aliphatic rings. The Morgan fingerprint density at radius 2 is 2.03 bits per heavy atom. The van der Waals surface area contributed by atoms with Gasteiger partial charge in [-0.1, -0.05) is 29.3 Å². The molecule has 2 aromatic heterocycles. The molecule has 1 amide bonds. The summed E-state index contributed by atoms with van der Waals surface area (Å²) in [5, 5.41) is 6.07. The predicted molar refractivity (Wildman–Crippen MR) is 119 cm³/mol. The fraction of sp³-hybridized carbons (Fsp3) is 0.222. The molecule has 0 spiro atoms. The summed E-state index contributed by atoms with van der Waals surface area (Å²) in [4.78, 5) is 29.3. The van der Waals surface area contributed by atoms with Gasteiger partial charge >= 0.3 is 0 Å². The number of thiazole rings is 1. The van der Waals surface area contributed by atoms with Gasteiger partial charge in [-0.2, -0.15) is 5.10 Å². The van der Waals surface area contributed by atoms with Crippen LogP contribution in [0.15, 0.2) is 45.8 Å². The van der Waals surface area contributed by atoms with Crippen LogP contribution >= 0.6 is 34.5 Å². The molecule has 0 aliphatic heterocycles. The number of aryl methyl sites for hydroxylation is 1. The molecule has 0 unspecified atom stereocenters. The van der Waals surface area contributed by atoms with Gasteiger partial charge in [0, 0.05) is 23.3 Å². The molecule has 13 heteroatoms. The van der Waals surface area contributed by atoms with E-state index in [0.29, 0.717) is 12.0 Å². The molecule has 3 rings (SSSR count). The Hall–Kier alpha value is -2.31. The van der Waals surface area contributed by atoms with Crippen molar-refractivity contribution in [2.45, 2.75) is 24.8 Å². The number of aromatic nitrogens is 3. The topological polar surface area (TPSA) is 123 Å². The van der Waals surface area contributed by atoms with E-state index in [1.54, 1.807) is 30.8 Å². The van der Waals surface area contributed by atoms with Crippen molar-refractivity contribution in [1.29, 1.82) is 0 Å². The van der Waals surface area contributed by atoms with E-state index in [1.165, 1.54) is 17.4 Å². The molecule has 0 aliphatic carbocycles. The molecule has 0 saturated carbocycles. The lowest BCUT2D eigenvalue weighted by Gasteiger charge is -2.12. The molecule has 2 N–H and O–H groups in total. The van der Waals surface area contributed by atoms with Crippen molar-refractivity contribution in [1.82, 2.24) is 19.5 Å². The number of rotatable bonds is 8. The fourth-order valence-electron chi connectivity index (χ4n) is 2.61. The van der Waals surface area contributed by atoms with Crippen molar-refractivity contribution in [3.8, 4) is 0 Å². The highest BCUT2D eigenvalue weighted by Crippen LogP contribution is 2.20. The maximum Gasteiger partial charge on any atom is 0.287 e. The Bertz CT molecular complexity index is 1260. The van der Waals surface area contributed by atoms with Crippen LogP contribution in [0.25, 0.3) is 0 Å². The van der Waals surface area contributed by atoms with Crippen molar-refractivity contribution in [2.24, 2.45) is 0 Å². The molecule has 0 atom stereocenters. The highest BCUT2D eigenvalue weighted by molar-refractivity contribution is 7.89. The van der Waals surface area contributed by atoms with Crippen molar-refractivity contribution in [3.05, 3.63) is 66.9 Å². The summed E-state index contributed by atoms with van der Waals surface area (Å²) in [6, 6.07) is 4.50. The highest BCUT2D eigenvalue weighted by Gasteiger charge is 2.18. The first kappa shape index (κ1) is 23.4. The Labute approximate surface area is 192 Å². The van der Waals surface area contributed by atoms with Gasteiger partial charge in [0.05, 0.1) is 21.6 Å². The number of carbonyl (C=O) groups is 1. The first-order valence-electron chi connectivity index (χ1n) is 8.86. The van der Waals surface area contributed by atoms with Crippen LogP contribution in [0.2, 0.25) is 10.0 Å². The number of anilines is 1. The Balaban J connectivity index is 1.70. The lowest BCUT2D eigenvalue weighted by molar-refractivity contribution is -0.117. The summed E-state index contributed by atoms with van der Waals surface area (Å²) < 4.78 is 28.8. The summed E-state index contributed by atoms with van der Waals surface area (Å²) in [5.74, 6) is -0.585. The van der Waals surface area contributed by atoms with E-state index in [0.717, 1.165) is 15.8 Å². The van der Waals surface area contributed by atoms with E-state index in [2.05, 4.69) is 20.1 Å². The van der Waals surface area contributed by atoms with Gasteiger partial charge in [0.2, 0.25) is 15.9 Å². The predicted octanol–water partition coefficient (Wildman–Crippen LogP) is 2.47. The van der Waals surface area contributed by atoms with Gasteiger partial charge in [-0.05, 0) is 31.0 Å². The second kappa shape index (κ2) is 9.88. The van der Waals surface area contributed by atoms with Crippen molar-refractivity contribution >= 4 is 56.2 Å². The molecule has 9 nitrogen and oxygen atoms in total. The van der Waals surface area contributed by atoms with E-state index in [9.17, 15) is 18.0 Å². The Kier molecular flexibility index (Phi) is 7.44. The number of sulfonamides is 1. The van der Waals surface area contributed by atoms with Gasteiger partial charge in [-0.25, -0.2) is 17.8 Å². The normalized spacial score (nSPS) is 11.5. The average Bonchev–Trinajstić information content (AvgIpc) is 3.23. The van der Waals surface area contributed by atoms with Gasteiger partial charge in [0.25, 0.3) is 5.56 Å². The molecular formula is C18H17Cl2N5O4S2. The molecule has 3 aromatic rings. The zero-order chi connectivity index (χ0) is 22.6. The minimum atomic E-state index is -3.80. The van der Waals surface area contributed by atoms with Gasteiger partial charge in [0.1, 0.15) is 11.6 Å². The standard InChI is InChI=1S/C18H17Cl2N5O4S2/c1-11-2-3-12(24-16(26)9-25-18(27)17(20)14(19)8-22-25)6-15(11)31(28,29)23-5-4-13-7-21-10-30-13/h2-3,6-8,10,23H,4-5,9H2,1H3,(H,24,26). The largest absolute Gasteiger partial charge is 0.324 e. The van der Waals surface area contributed by atoms with Crippen LogP contribution in [0, 0.1) is 6.92 Å². The van der Waals surface area contributed by atoms with Gasteiger partial charge in [-0.3, -0.25) is 14.6 Å². The molecule has 164 valence electrons. The van der Waals surface area contributed by atoms with E-state index in [-0.39, 0.29) is 27.2 Å². The lowest BCUT2D eigenvalue weighted by atomic mass is 10.2. The molecule has 0 radical (unpaired) electrons. The second-order valence-corrected chi connectivity index (χ2v) is 9.90. The van der Waals surface area contributed by atoms with E-state index >= 15 is 0 Å². The van der Waals surface area contributed by atoms with Crippen molar-refractivity contribution in [3.63, 3.8) is 0 Å². The average molecular weight is 502 g/mol. The third-order valence-electron chi connectivity index (χ3n) is 4.14. The molecule has 1 aromatic carbocycles. The number of hydrogen-bond acceptors (Lipinski definition) is 7. The summed E-state index contributed by atoms with van der Waals surface area (Å²) in [6.45, 7) is 1.45. The summed E-state index contributed by atoms with van der Waals surface area (Å²) in [7, 11) is -3.80. The number of hydrogen-bond donors (Lipinski definition) is 2. The van der Waals surface area contributed by atoms with E-state index in [1.807, 2.05) is 0 Å². The maximum atomic E-state index is 12.7. The van der Waals surface area contributed by atoms with E-state index in [4.69, 9.17) is 23.2 Å². The van der Waals surface area contributed by atoms with Gasteiger partial charge < -0.3 is 5.32 Å². The summed E-state index contributed by atoms with van der Waals surface area (Å²) in [6.07, 6.45) is 3.37. The fourth-order valence-corrected chi connectivity index (χ4v) is 4.78. The molecule has 0 saturated heterocycles. The number of nitrogens with zero attached hydrogens (tertiary/aromatic N) is 3. The van der Waals surface area contributed by atoms with Crippen LogP contribution in [-0.4, -0.2) is 35.6 Å². The van der Waals surface area contributed by atoms with Crippen LogP contribution in [0.4, 0.5) is 5.69 Å². The van der Waals surface area contributed by atoms with Gasteiger partial charge in [0.15, 0.2) is 0 Å². The van der Waals surface area contributed by atoms with Crippen LogP contribution < -0.4 is 15.6 Å². The third-order valence-corrected chi connectivity index (χ3v) is 7.34. The zero-order valence-electron chi connectivity index (χ0n) is 16.1. The monoisotopic (exact) mass is 501 g/mol. The number of halogens is 2. The first-order chi connectivity index (χ1) is 14.7. The maximum absolute atomic E-state index is 12.7. The quantitative estimate of drug-likeness (QED) is 0.488. The van der Waals surface area contributed by atoms with Gasteiger partial charge in [-0.15, -0.1) is 11.3 Å². The van der Waals surface area contributed by atoms with Crippen LogP contribution in [0.3, 0.4) is 0 Å². The van der Waals surface area contributed by atoms with Crippen LogP contribution in [-0.2, 0) is 27.8 Å². The Morgan fingerprint density at radius 1 is 1.26 bits per heavy atom. The lowest BCUT2D eigenvalue weighted by Crippen LogP contribution is -2.30. The third kappa shape index (κ3) is 5.89. The number of carbonyl (C=O) groups excluding carboxylic acids is 1. The molecule has 0 bridgehead atoms. The smallest absolute Gasteiger partial charge is 0.287 e.